The number of rotatable bonds is 7. The van der Waals surface area contributed by atoms with E-state index in [2.05, 4.69) is 15.9 Å². The van der Waals surface area contributed by atoms with E-state index in [1.165, 1.54) is 11.8 Å². The first-order valence-electron chi connectivity index (χ1n) is 10.2. The Morgan fingerprint density at radius 2 is 1.97 bits per heavy atom. The lowest BCUT2D eigenvalue weighted by atomic mass is 10.1. The van der Waals surface area contributed by atoms with Crippen molar-refractivity contribution in [2.75, 3.05) is 13.7 Å². The van der Waals surface area contributed by atoms with Crippen LogP contribution in [0.2, 0.25) is 0 Å². The zero-order valence-corrected chi connectivity index (χ0v) is 21.3. The molecule has 0 radical (unpaired) electrons. The number of methoxy groups -OCH3 is 1. The number of thiocarbonyl (C=S) groups is 1. The van der Waals surface area contributed by atoms with Gasteiger partial charge in [-0.1, -0.05) is 52.0 Å². The van der Waals surface area contributed by atoms with Gasteiger partial charge in [-0.25, -0.2) is 0 Å². The highest BCUT2D eigenvalue weighted by molar-refractivity contribution is 9.10. The van der Waals surface area contributed by atoms with E-state index in [9.17, 15) is 9.59 Å². The molecular formula is C24H21BrN2O4S2. The summed E-state index contributed by atoms with van der Waals surface area (Å²) in [5.74, 6) is 0.311. The molecule has 33 heavy (non-hydrogen) atoms. The molecule has 3 aromatic rings. The summed E-state index contributed by atoms with van der Waals surface area (Å²) in [6, 6.07) is 13.4. The van der Waals surface area contributed by atoms with Gasteiger partial charge in [-0.2, -0.15) is 0 Å². The third-order valence-electron chi connectivity index (χ3n) is 5.14. The van der Waals surface area contributed by atoms with Gasteiger partial charge < -0.3 is 14.0 Å². The van der Waals surface area contributed by atoms with Crippen LogP contribution in [0.5, 0.6) is 5.75 Å². The van der Waals surface area contributed by atoms with Gasteiger partial charge in [0.15, 0.2) is 0 Å². The molecule has 2 heterocycles. The van der Waals surface area contributed by atoms with E-state index in [0.29, 0.717) is 22.4 Å². The summed E-state index contributed by atoms with van der Waals surface area (Å²) >= 11 is 10.3. The lowest BCUT2D eigenvalue weighted by molar-refractivity contribution is -0.143. The molecule has 1 aromatic heterocycles. The van der Waals surface area contributed by atoms with Gasteiger partial charge in [-0.3, -0.25) is 14.5 Å². The fourth-order valence-corrected chi connectivity index (χ4v) is 5.19. The number of hydrogen-bond donors (Lipinski definition) is 0. The zero-order valence-electron chi connectivity index (χ0n) is 18.0. The minimum absolute atomic E-state index is 0.0955. The molecule has 0 unspecified atom stereocenters. The minimum Gasteiger partial charge on any atom is -0.497 e. The molecule has 0 saturated carbocycles. The van der Waals surface area contributed by atoms with Crippen LogP contribution in [-0.2, 0) is 27.4 Å². The van der Waals surface area contributed by atoms with Crippen molar-refractivity contribution in [3.8, 4) is 5.75 Å². The molecule has 9 heteroatoms. The molecule has 4 rings (SSSR count). The molecule has 1 amide bonds. The largest absolute Gasteiger partial charge is 0.497 e. The van der Waals surface area contributed by atoms with Crippen molar-refractivity contribution in [1.82, 2.24) is 9.47 Å². The molecule has 0 spiro atoms. The summed E-state index contributed by atoms with van der Waals surface area (Å²) in [6.45, 7) is 2.59. The number of ether oxygens (including phenoxy) is 2. The van der Waals surface area contributed by atoms with Crippen LogP contribution in [0.3, 0.4) is 0 Å². The molecule has 1 aliphatic heterocycles. The number of esters is 1. The van der Waals surface area contributed by atoms with Crippen LogP contribution in [0.4, 0.5) is 0 Å². The minimum atomic E-state index is -0.310. The maximum Gasteiger partial charge on any atom is 0.325 e. The van der Waals surface area contributed by atoms with Crippen molar-refractivity contribution in [1.29, 1.82) is 0 Å². The number of thioether (sulfide) groups is 1. The lowest BCUT2D eigenvalue weighted by Crippen LogP contribution is -2.27. The first-order chi connectivity index (χ1) is 15.9. The second-order valence-electron chi connectivity index (χ2n) is 7.29. The summed E-state index contributed by atoms with van der Waals surface area (Å²) in [5.41, 5.74) is 2.68. The molecule has 1 saturated heterocycles. The van der Waals surface area contributed by atoms with Crippen molar-refractivity contribution in [2.45, 2.75) is 20.0 Å². The van der Waals surface area contributed by atoms with Gasteiger partial charge in [0.2, 0.25) is 0 Å². The normalized spacial score (nSPS) is 15.0. The summed E-state index contributed by atoms with van der Waals surface area (Å²) in [5, 5.41) is 0.925. The number of carbonyl (C=O) groups excluding carboxylic acids is 2. The number of carbonyl (C=O) groups is 2. The average Bonchev–Trinajstić information content (AvgIpc) is 3.25. The van der Waals surface area contributed by atoms with Crippen molar-refractivity contribution < 1.29 is 19.1 Å². The lowest BCUT2D eigenvalue weighted by Gasteiger charge is -2.14. The molecular weight excluding hydrogens is 524 g/mol. The smallest absolute Gasteiger partial charge is 0.325 e. The van der Waals surface area contributed by atoms with Crippen LogP contribution in [0.1, 0.15) is 18.1 Å². The Hall–Kier alpha value is -2.62. The monoisotopic (exact) mass is 544 g/mol. The fourth-order valence-electron chi connectivity index (χ4n) is 3.58. The second-order valence-corrected chi connectivity index (χ2v) is 9.89. The van der Waals surface area contributed by atoms with Crippen molar-refractivity contribution >= 4 is 73.1 Å². The standard InChI is InChI=1S/C24H21BrN2O4S2/c1-3-31-22(28)14-26-13-16(19-11-17(25)6-9-20(19)26)10-21-23(29)27(24(32)33-21)12-15-4-7-18(30-2)8-5-15/h4-11,13H,3,12,14H2,1-2H3/b21-10-. The Labute approximate surface area is 209 Å². The SMILES string of the molecule is CCOC(=O)Cn1cc(/C=C2\SC(=S)N(Cc3ccc(OC)cc3)C2=O)c2cc(Br)ccc21. The molecule has 0 atom stereocenters. The Bertz CT molecular complexity index is 1270. The van der Waals surface area contributed by atoms with Gasteiger partial charge in [0.1, 0.15) is 16.6 Å². The highest BCUT2D eigenvalue weighted by atomic mass is 79.9. The number of benzene rings is 2. The summed E-state index contributed by atoms with van der Waals surface area (Å²) in [6.07, 6.45) is 3.70. The predicted octanol–water partition coefficient (Wildman–Crippen LogP) is 5.38. The summed E-state index contributed by atoms with van der Waals surface area (Å²) in [4.78, 5) is 27.4. The fraction of sp³-hybridized carbons (Fsp3) is 0.208. The average molecular weight is 545 g/mol. The van der Waals surface area contributed by atoms with Gasteiger partial charge in [0.05, 0.1) is 25.2 Å². The number of hydrogen-bond acceptors (Lipinski definition) is 6. The maximum absolute atomic E-state index is 13.2. The van der Waals surface area contributed by atoms with Crippen LogP contribution >= 0.6 is 39.9 Å². The van der Waals surface area contributed by atoms with Crippen LogP contribution in [0.15, 0.2) is 58.0 Å². The van der Waals surface area contributed by atoms with E-state index in [0.717, 1.165) is 32.3 Å². The summed E-state index contributed by atoms with van der Waals surface area (Å²) in [7, 11) is 1.62. The molecule has 0 N–H and O–H groups in total. The number of aromatic nitrogens is 1. The van der Waals surface area contributed by atoms with Gasteiger partial charge >= 0.3 is 5.97 Å². The van der Waals surface area contributed by atoms with Gasteiger partial charge in [0.25, 0.3) is 5.91 Å². The molecule has 6 nitrogen and oxygen atoms in total. The number of nitrogens with zero attached hydrogens (tertiary/aromatic N) is 2. The van der Waals surface area contributed by atoms with Crippen molar-refractivity contribution in [3.63, 3.8) is 0 Å². The van der Waals surface area contributed by atoms with E-state index in [4.69, 9.17) is 21.7 Å². The van der Waals surface area contributed by atoms with Crippen LogP contribution in [0.25, 0.3) is 17.0 Å². The maximum atomic E-state index is 13.2. The Morgan fingerprint density at radius 3 is 2.67 bits per heavy atom. The first kappa shape index (κ1) is 23.5. The van der Waals surface area contributed by atoms with E-state index in [-0.39, 0.29) is 18.4 Å². The molecule has 0 aliphatic carbocycles. The number of amides is 1. The van der Waals surface area contributed by atoms with E-state index >= 15 is 0 Å². The van der Waals surface area contributed by atoms with E-state index in [1.54, 1.807) is 18.9 Å². The van der Waals surface area contributed by atoms with Gasteiger partial charge in [0, 0.05) is 27.1 Å². The van der Waals surface area contributed by atoms with E-state index < -0.39 is 0 Å². The third kappa shape index (κ3) is 5.15. The predicted molar refractivity (Wildman–Crippen MR) is 138 cm³/mol. The van der Waals surface area contributed by atoms with E-state index in [1.807, 2.05) is 59.3 Å². The van der Waals surface area contributed by atoms with Gasteiger partial charge in [-0.15, -0.1) is 0 Å². The second kappa shape index (κ2) is 10.1. The van der Waals surface area contributed by atoms with Crippen LogP contribution in [-0.4, -0.2) is 39.4 Å². The van der Waals surface area contributed by atoms with Crippen molar-refractivity contribution in [3.05, 3.63) is 69.2 Å². The molecule has 170 valence electrons. The van der Waals surface area contributed by atoms with Crippen LogP contribution in [0, 0.1) is 0 Å². The molecule has 1 aliphatic rings. The molecule has 0 bridgehead atoms. The number of halogens is 1. The summed E-state index contributed by atoms with van der Waals surface area (Å²) < 4.78 is 13.6. The van der Waals surface area contributed by atoms with Crippen molar-refractivity contribution in [2.24, 2.45) is 0 Å². The Morgan fingerprint density at radius 1 is 1.21 bits per heavy atom. The third-order valence-corrected chi connectivity index (χ3v) is 7.01. The first-order valence-corrected chi connectivity index (χ1v) is 12.2. The Balaban J connectivity index is 1.63. The molecule has 2 aromatic carbocycles. The number of fused-ring (bicyclic) bond motifs is 1. The highest BCUT2D eigenvalue weighted by Gasteiger charge is 2.32. The molecule has 1 fully saturated rings. The quantitative estimate of drug-likeness (QED) is 0.226. The highest BCUT2D eigenvalue weighted by Crippen LogP contribution is 2.36. The van der Waals surface area contributed by atoms with Crippen LogP contribution < -0.4 is 4.74 Å². The van der Waals surface area contributed by atoms with Gasteiger partial charge in [-0.05, 0) is 48.9 Å². The Kier molecular flexibility index (Phi) is 7.21. The zero-order chi connectivity index (χ0) is 23.5. The topological polar surface area (TPSA) is 60.8 Å².